The Morgan fingerprint density at radius 2 is 1.89 bits per heavy atom. The van der Waals surface area contributed by atoms with Gasteiger partial charge in [0.15, 0.2) is 0 Å². The lowest BCUT2D eigenvalue weighted by molar-refractivity contribution is 0.227. The summed E-state index contributed by atoms with van der Waals surface area (Å²) in [5.41, 5.74) is 1.61. The second-order valence-electron chi connectivity index (χ2n) is 3.93. The van der Waals surface area contributed by atoms with Crippen LogP contribution in [0.25, 0.3) is 0 Å². The van der Waals surface area contributed by atoms with E-state index in [9.17, 15) is 0 Å². The first-order valence-electron chi connectivity index (χ1n) is 5.62. The highest BCUT2D eigenvalue weighted by Gasteiger charge is 2.09. The fraction of sp³-hybridized carbons (Fsp3) is 0.133. The van der Waals surface area contributed by atoms with Crippen molar-refractivity contribution in [3.05, 3.63) is 64.7 Å². The van der Waals surface area contributed by atoms with Crippen LogP contribution >= 0.6 is 11.6 Å². The summed E-state index contributed by atoms with van der Waals surface area (Å²) in [5.74, 6) is 0.590. The predicted molar refractivity (Wildman–Crippen MR) is 71.7 cm³/mol. The molecule has 2 nitrogen and oxygen atoms in total. The van der Waals surface area contributed by atoms with Crippen LogP contribution in [0.5, 0.6) is 5.75 Å². The van der Waals surface area contributed by atoms with Crippen LogP contribution in [0.2, 0.25) is 5.02 Å². The van der Waals surface area contributed by atoms with Gasteiger partial charge in [-0.2, -0.15) is 5.26 Å². The van der Waals surface area contributed by atoms with Crippen LogP contribution in [-0.4, -0.2) is 0 Å². The Balaban J connectivity index is 2.18. The van der Waals surface area contributed by atoms with Crippen molar-refractivity contribution in [2.45, 2.75) is 13.0 Å². The number of halogens is 1. The van der Waals surface area contributed by atoms with Crippen LogP contribution in [0.1, 0.15) is 24.2 Å². The van der Waals surface area contributed by atoms with Crippen molar-refractivity contribution in [1.29, 1.82) is 5.26 Å². The van der Waals surface area contributed by atoms with Crippen LogP contribution in [0.4, 0.5) is 0 Å². The highest BCUT2D eigenvalue weighted by molar-refractivity contribution is 6.32. The molecular formula is C15H12ClNO. The van der Waals surface area contributed by atoms with Gasteiger partial charge in [0.05, 0.1) is 16.7 Å². The molecule has 0 N–H and O–H groups in total. The van der Waals surface area contributed by atoms with Crippen molar-refractivity contribution < 1.29 is 4.74 Å². The normalized spacial score (nSPS) is 11.6. The molecular weight excluding hydrogens is 246 g/mol. The maximum atomic E-state index is 8.76. The molecule has 0 bridgehead atoms. The van der Waals surface area contributed by atoms with E-state index in [-0.39, 0.29) is 6.10 Å². The lowest BCUT2D eigenvalue weighted by Crippen LogP contribution is -2.03. The predicted octanol–water partition coefficient (Wildman–Crippen LogP) is 4.35. The van der Waals surface area contributed by atoms with E-state index in [0.717, 1.165) is 5.56 Å². The number of ether oxygens (including phenoxy) is 1. The zero-order chi connectivity index (χ0) is 13.0. The number of nitriles is 1. The molecule has 0 aliphatic heterocycles. The second kappa shape index (κ2) is 5.57. The van der Waals surface area contributed by atoms with Gasteiger partial charge in [-0.05, 0) is 30.7 Å². The Labute approximate surface area is 111 Å². The summed E-state index contributed by atoms with van der Waals surface area (Å²) in [4.78, 5) is 0. The molecule has 0 aromatic heterocycles. The maximum Gasteiger partial charge on any atom is 0.138 e. The molecule has 2 aromatic rings. The minimum atomic E-state index is -0.0864. The maximum absolute atomic E-state index is 8.76. The largest absolute Gasteiger partial charge is 0.484 e. The summed E-state index contributed by atoms with van der Waals surface area (Å²) in [6.45, 7) is 1.96. The minimum absolute atomic E-state index is 0.0864. The molecule has 0 heterocycles. The number of rotatable bonds is 3. The fourth-order valence-electron chi connectivity index (χ4n) is 1.65. The molecule has 0 fully saturated rings. The zero-order valence-corrected chi connectivity index (χ0v) is 10.7. The van der Waals surface area contributed by atoms with Gasteiger partial charge < -0.3 is 4.74 Å². The fourth-order valence-corrected chi connectivity index (χ4v) is 1.87. The van der Waals surface area contributed by atoms with E-state index in [1.165, 1.54) is 0 Å². The van der Waals surface area contributed by atoms with Gasteiger partial charge >= 0.3 is 0 Å². The average molecular weight is 258 g/mol. The van der Waals surface area contributed by atoms with Gasteiger partial charge in [0.25, 0.3) is 0 Å². The van der Waals surface area contributed by atoms with E-state index in [2.05, 4.69) is 0 Å². The lowest BCUT2D eigenvalue weighted by atomic mass is 10.1. The molecule has 1 atom stereocenters. The van der Waals surface area contributed by atoms with E-state index >= 15 is 0 Å². The standard InChI is InChI=1S/C15H12ClNO/c1-11(13-5-3-2-4-6-13)18-15-8-7-12(10-17)9-14(15)16/h2-9,11H,1H3. The molecule has 0 spiro atoms. The highest BCUT2D eigenvalue weighted by atomic mass is 35.5. The molecule has 1 unspecified atom stereocenters. The van der Waals surface area contributed by atoms with Gasteiger partial charge in [0.1, 0.15) is 11.9 Å². The first-order valence-corrected chi connectivity index (χ1v) is 6.00. The van der Waals surface area contributed by atoms with Crippen molar-refractivity contribution in [1.82, 2.24) is 0 Å². The van der Waals surface area contributed by atoms with Crippen LogP contribution < -0.4 is 4.74 Å². The molecule has 0 saturated heterocycles. The second-order valence-corrected chi connectivity index (χ2v) is 4.33. The van der Waals surface area contributed by atoms with E-state index in [0.29, 0.717) is 16.3 Å². The summed E-state index contributed by atoms with van der Waals surface area (Å²) in [6, 6.07) is 17.0. The van der Waals surface area contributed by atoms with Crippen LogP contribution in [-0.2, 0) is 0 Å². The molecule has 3 heteroatoms. The third-order valence-electron chi connectivity index (χ3n) is 2.63. The summed E-state index contributed by atoms with van der Waals surface area (Å²) in [7, 11) is 0. The summed E-state index contributed by atoms with van der Waals surface area (Å²) >= 11 is 6.06. The van der Waals surface area contributed by atoms with Gasteiger partial charge in [-0.25, -0.2) is 0 Å². The molecule has 0 saturated carbocycles. The lowest BCUT2D eigenvalue weighted by Gasteiger charge is -2.16. The Kier molecular flexibility index (Phi) is 3.86. The van der Waals surface area contributed by atoms with Gasteiger partial charge in [-0.15, -0.1) is 0 Å². The Bertz CT molecular complexity index is 575. The molecule has 0 aliphatic rings. The molecule has 0 radical (unpaired) electrons. The van der Waals surface area contributed by atoms with Crippen molar-refractivity contribution in [2.24, 2.45) is 0 Å². The van der Waals surface area contributed by atoms with E-state index < -0.39 is 0 Å². The van der Waals surface area contributed by atoms with Crippen LogP contribution in [0.15, 0.2) is 48.5 Å². The van der Waals surface area contributed by atoms with E-state index in [1.807, 2.05) is 43.3 Å². The third-order valence-corrected chi connectivity index (χ3v) is 2.93. The highest BCUT2D eigenvalue weighted by Crippen LogP contribution is 2.29. The first kappa shape index (κ1) is 12.5. The topological polar surface area (TPSA) is 33.0 Å². The van der Waals surface area contributed by atoms with Crippen molar-refractivity contribution in [3.8, 4) is 11.8 Å². The first-order chi connectivity index (χ1) is 8.70. The molecule has 2 aromatic carbocycles. The van der Waals surface area contributed by atoms with Crippen molar-refractivity contribution >= 4 is 11.6 Å². The minimum Gasteiger partial charge on any atom is -0.484 e. The van der Waals surface area contributed by atoms with Crippen molar-refractivity contribution in [3.63, 3.8) is 0 Å². The average Bonchev–Trinajstić information content (AvgIpc) is 2.42. The molecule has 0 amide bonds. The van der Waals surface area contributed by atoms with E-state index in [1.54, 1.807) is 18.2 Å². The molecule has 2 rings (SSSR count). The Hall–Kier alpha value is -1.98. The van der Waals surface area contributed by atoms with Crippen LogP contribution in [0, 0.1) is 11.3 Å². The number of hydrogen-bond donors (Lipinski definition) is 0. The number of benzene rings is 2. The van der Waals surface area contributed by atoms with Gasteiger partial charge in [-0.1, -0.05) is 41.9 Å². The van der Waals surface area contributed by atoms with Gasteiger partial charge in [0.2, 0.25) is 0 Å². The number of nitrogens with zero attached hydrogens (tertiary/aromatic N) is 1. The van der Waals surface area contributed by atoms with Crippen LogP contribution in [0.3, 0.4) is 0 Å². The summed E-state index contributed by atoms with van der Waals surface area (Å²) in [5, 5.41) is 9.22. The zero-order valence-electron chi connectivity index (χ0n) is 9.93. The van der Waals surface area contributed by atoms with Gasteiger partial charge in [-0.3, -0.25) is 0 Å². The van der Waals surface area contributed by atoms with Crippen molar-refractivity contribution in [2.75, 3.05) is 0 Å². The SMILES string of the molecule is CC(Oc1ccc(C#N)cc1Cl)c1ccccc1. The smallest absolute Gasteiger partial charge is 0.138 e. The molecule has 90 valence electrons. The Morgan fingerprint density at radius 3 is 2.50 bits per heavy atom. The summed E-state index contributed by atoms with van der Waals surface area (Å²) < 4.78 is 5.79. The van der Waals surface area contributed by atoms with E-state index in [4.69, 9.17) is 21.6 Å². The third kappa shape index (κ3) is 2.82. The Morgan fingerprint density at radius 1 is 1.17 bits per heavy atom. The molecule has 18 heavy (non-hydrogen) atoms. The summed E-state index contributed by atoms with van der Waals surface area (Å²) in [6.07, 6.45) is -0.0864. The number of hydrogen-bond acceptors (Lipinski definition) is 2. The monoisotopic (exact) mass is 257 g/mol. The molecule has 0 aliphatic carbocycles. The van der Waals surface area contributed by atoms with Gasteiger partial charge in [0, 0.05) is 0 Å². The quantitative estimate of drug-likeness (QED) is 0.819.